The van der Waals surface area contributed by atoms with E-state index in [0.717, 1.165) is 38.6 Å². The molecule has 0 aliphatic carbocycles. The van der Waals surface area contributed by atoms with Crippen molar-refractivity contribution < 1.29 is 4.74 Å². The van der Waals surface area contributed by atoms with Gasteiger partial charge in [-0.1, -0.05) is 27.7 Å². The number of nitrogens with one attached hydrogen (secondary N) is 1. The molecule has 0 saturated heterocycles. The summed E-state index contributed by atoms with van der Waals surface area (Å²) in [5, 5.41) is 3.51. The molecule has 0 aromatic heterocycles. The molecular weight excluding hydrogens is 174 g/mol. The first-order valence-corrected chi connectivity index (χ1v) is 5.82. The van der Waals surface area contributed by atoms with Gasteiger partial charge in [0.15, 0.2) is 0 Å². The average Bonchev–Trinajstić information content (AvgIpc) is 2.14. The number of hydrogen-bond acceptors (Lipinski definition) is 2. The van der Waals surface area contributed by atoms with Gasteiger partial charge in [-0.2, -0.15) is 0 Å². The normalized spacial score (nSPS) is 15.9. The van der Waals surface area contributed by atoms with Crippen LogP contribution in [0.25, 0.3) is 0 Å². The van der Waals surface area contributed by atoms with E-state index in [0.29, 0.717) is 5.41 Å². The maximum atomic E-state index is 5.51. The monoisotopic (exact) mass is 201 g/mol. The Morgan fingerprint density at radius 1 is 1.29 bits per heavy atom. The fourth-order valence-corrected chi connectivity index (χ4v) is 1.29. The van der Waals surface area contributed by atoms with E-state index >= 15 is 0 Å². The zero-order valence-corrected chi connectivity index (χ0v) is 10.5. The molecule has 0 aromatic rings. The summed E-state index contributed by atoms with van der Waals surface area (Å²) in [6.07, 6.45) is 1.16. The largest absolute Gasteiger partial charge is 0.381 e. The van der Waals surface area contributed by atoms with Crippen LogP contribution in [-0.4, -0.2) is 26.3 Å². The number of rotatable bonds is 8. The van der Waals surface area contributed by atoms with Crippen LogP contribution in [0.4, 0.5) is 0 Å². The lowest BCUT2D eigenvalue weighted by molar-refractivity contribution is 0.0578. The van der Waals surface area contributed by atoms with Crippen LogP contribution in [0.5, 0.6) is 0 Å². The van der Waals surface area contributed by atoms with Gasteiger partial charge in [-0.25, -0.2) is 0 Å². The summed E-state index contributed by atoms with van der Waals surface area (Å²) in [5.41, 5.74) is 0.297. The Balaban J connectivity index is 3.74. The van der Waals surface area contributed by atoms with E-state index in [1.807, 2.05) is 0 Å². The molecule has 0 bridgehead atoms. The lowest BCUT2D eigenvalue weighted by atomic mass is 9.88. The average molecular weight is 201 g/mol. The van der Waals surface area contributed by atoms with Gasteiger partial charge in [0.1, 0.15) is 0 Å². The van der Waals surface area contributed by atoms with Crippen molar-refractivity contribution in [3.05, 3.63) is 0 Å². The summed E-state index contributed by atoms with van der Waals surface area (Å²) < 4.78 is 5.51. The van der Waals surface area contributed by atoms with Crippen LogP contribution in [0, 0.1) is 11.3 Å². The highest BCUT2D eigenvalue weighted by Crippen LogP contribution is 2.20. The molecule has 0 rings (SSSR count). The lowest BCUT2D eigenvalue weighted by Crippen LogP contribution is -2.36. The molecule has 0 radical (unpaired) electrons. The van der Waals surface area contributed by atoms with E-state index in [9.17, 15) is 0 Å². The van der Waals surface area contributed by atoms with Gasteiger partial charge in [0.05, 0.1) is 6.61 Å². The molecule has 1 N–H and O–H groups in total. The highest BCUT2D eigenvalue weighted by molar-refractivity contribution is 4.75. The Kier molecular flexibility index (Phi) is 7.20. The van der Waals surface area contributed by atoms with Crippen LogP contribution in [0.1, 0.15) is 41.0 Å². The molecule has 0 saturated carbocycles. The van der Waals surface area contributed by atoms with Crippen molar-refractivity contribution in [1.82, 2.24) is 5.32 Å². The number of ether oxygens (including phenoxy) is 1. The van der Waals surface area contributed by atoms with Crippen molar-refractivity contribution in [2.24, 2.45) is 11.3 Å². The molecule has 0 aromatic carbocycles. The second-order valence-corrected chi connectivity index (χ2v) is 4.83. The standard InChI is InChI=1S/C12H27NO/c1-6-12(5,10-14-7-2)9-13-8-11(3)4/h11,13H,6-10H2,1-5H3. The van der Waals surface area contributed by atoms with Gasteiger partial charge in [-0.05, 0) is 25.8 Å². The van der Waals surface area contributed by atoms with Crippen molar-refractivity contribution in [2.45, 2.75) is 41.0 Å². The quantitative estimate of drug-likeness (QED) is 0.652. The van der Waals surface area contributed by atoms with Crippen LogP contribution < -0.4 is 5.32 Å². The molecule has 0 heterocycles. The molecule has 86 valence electrons. The first kappa shape index (κ1) is 13.9. The molecule has 0 aliphatic rings. The van der Waals surface area contributed by atoms with Crippen molar-refractivity contribution in [2.75, 3.05) is 26.3 Å². The Bertz CT molecular complexity index is 136. The van der Waals surface area contributed by atoms with Crippen molar-refractivity contribution in [3.63, 3.8) is 0 Å². The smallest absolute Gasteiger partial charge is 0.0531 e. The summed E-state index contributed by atoms with van der Waals surface area (Å²) in [5.74, 6) is 0.725. The molecular formula is C12H27NO. The molecule has 1 unspecified atom stereocenters. The second kappa shape index (κ2) is 7.24. The predicted molar refractivity (Wildman–Crippen MR) is 62.6 cm³/mol. The number of hydrogen-bond donors (Lipinski definition) is 1. The summed E-state index contributed by atoms with van der Waals surface area (Å²) >= 11 is 0. The zero-order chi connectivity index (χ0) is 11.0. The third-order valence-corrected chi connectivity index (χ3v) is 2.61. The molecule has 1 atom stereocenters. The van der Waals surface area contributed by atoms with Crippen molar-refractivity contribution in [1.29, 1.82) is 0 Å². The topological polar surface area (TPSA) is 21.3 Å². The van der Waals surface area contributed by atoms with Gasteiger partial charge in [0, 0.05) is 18.6 Å². The van der Waals surface area contributed by atoms with Gasteiger partial charge < -0.3 is 10.1 Å². The Hall–Kier alpha value is -0.0800. The zero-order valence-electron chi connectivity index (χ0n) is 10.5. The van der Waals surface area contributed by atoms with Crippen LogP contribution in [0.3, 0.4) is 0 Å². The minimum atomic E-state index is 0.297. The molecule has 0 amide bonds. The fraction of sp³-hybridized carbons (Fsp3) is 1.00. The summed E-state index contributed by atoms with van der Waals surface area (Å²) in [6.45, 7) is 14.9. The Morgan fingerprint density at radius 3 is 2.36 bits per heavy atom. The Morgan fingerprint density at radius 2 is 1.93 bits per heavy atom. The first-order chi connectivity index (χ1) is 6.54. The van der Waals surface area contributed by atoms with E-state index in [-0.39, 0.29) is 0 Å². The molecule has 14 heavy (non-hydrogen) atoms. The van der Waals surface area contributed by atoms with Gasteiger partial charge in [-0.3, -0.25) is 0 Å². The fourth-order valence-electron chi connectivity index (χ4n) is 1.29. The van der Waals surface area contributed by atoms with Crippen LogP contribution in [0.2, 0.25) is 0 Å². The molecule has 0 spiro atoms. The summed E-state index contributed by atoms with van der Waals surface area (Å²) in [6, 6.07) is 0. The van der Waals surface area contributed by atoms with Gasteiger partial charge in [0.2, 0.25) is 0 Å². The van der Waals surface area contributed by atoms with Crippen molar-refractivity contribution in [3.8, 4) is 0 Å². The second-order valence-electron chi connectivity index (χ2n) is 4.83. The molecule has 0 fully saturated rings. The van der Waals surface area contributed by atoms with Crippen LogP contribution >= 0.6 is 0 Å². The van der Waals surface area contributed by atoms with Crippen LogP contribution in [-0.2, 0) is 4.74 Å². The van der Waals surface area contributed by atoms with E-state index < -0.39 is 0 Å². The van der Waals surface area contributed by atoms with Gasteiger partial charge in [0.25, 0.3) is 0 Å². The van der Waals surface area contributed by atoms with E-state index in [1.165, 1.54) is 0 Å². The SMILES string of the molecule is CCOCC(C)(CC)CNCC(C)C. The maximum Gasteiger partial charge on any atom is 0.0531 e. The highest BCUT2D eigenvalue weighted by atomic mass is 16.5. The maximum absolute atomic E-state index is 5.51. The Labute approximate surface area is 89.4 Å². The van der Waals surface area contributed by atoms with Gasteiger partial charge in [-0.15, -0.1) is 0 Å². The first-order valence-electron chi connectivity index (χ1n) is 5.82. The van der Waals surface area contributed by atoms with E-state index in [4.69, 9.17) is 4.74 Å². The van der Waals surface area contributed by atoms with Crippen molar-refractivity contribution >= 4 is 0 Å². The summed E-state index contributed by atoms with van der Waals surface area (Å²) in [4.78, 5) is 0. The minimum absolute atomic E-state index is 0.297. The third kappa shape index (κ3) is 6.39. The van der Waals surface area contributed by atoms with E-state index in [1.54, 1.807) is 0 Å². The molecule has 0 aliphatic heterocycles. The van der Waals surface area contributed by atoms with Gasteiger partial charge >= 0.3 is 0 Å². The summed E-state index contributed by atoms with van der Waals surface area (Å²) in [7, 11) is 0. The minimum Gasteiger partial charge on any atom is -0.381 e. The predicted octanol–water partition coefficient (Wildman–Crippen LogP) is 2.68. The van der Waals surface area contributed by atoms with Crippen LogP contribution in [0.15, 0.2) is 0 Å². The molecule has 2 heteroatoms. The molecule has 2 nitrogen and oxygen atoms in total. The lowest BCUT2D eigenvalue weighted by Gasteiger charge is -2.28. The van der Waals surface area contributed by atoms with E-state index in [2.05, 4.69) is 39.9 Å². The third-order valence-electron chi connectivity index (χ3n) is 2.61. The highest BCUT2D eigenvalue weighted by Gasteiger charge is 2.21.